The Morgan fingerprint density at radius 2 is 1.74 bits per heavy atom. The fourth-order valence-corrected chi connectivity index (χ4v) is 6.35. The molecule has 0 spiro atoms. The van der Waals surface area contributed by atoms with Crippen LogP contribution in [0.15, 0.2) is 77.7 Å². The number of hydrogen-bond donors (Lipinski definition) is 1. The fourth-order valence-electron chi connectivity index (χ4n) is 4.61. The molecular formula is C30H29ClF2N4O4S. The summed E-state index contributed by atoms with van der Waals surface area (Å²) in [6, 6.07) is 18.2. The van der Waals surface area contributed by atoms with Gasteiger partial charge in [-0.15, -0.1) is 0 Å². The molecule has 1 aromatic heterocycles. The molecule has 5 rings (SSSR count). The second-order valence-corrected chi connectivity index (χ2v) is 11.9. The van der Waals surface area contributed by atoms with Crippen LogP contribution in [0.2, 0.25) is 5.02 Å². The fraction of sp³-hybridized carbons (Fsp3) is 0.233. The van der Waals surface area contributed by atoms with E-state index in [0.717, 1.165) is 59.8 Å². The van der Waals surface area contributed by atoms with Crippen LogP contribution in [0.1, 0.15) is 17.5 Å². The normalized spacial score (nSPS) is 13.4. The van der Waals surface area contributed by atoms with E-state index in [0.29, 0.717) is 17.1 Å². The van der Waals surface area contributed by atoms with Crippen LogP contribution in [-0.2, 0) is 23.1 Å². The average molecular weight is 615 g/mol. The van der Waals surface area contributed by atoms with Gasteiger partial charge in [0.15, 0.2) is 0 Å². The monoisotopic (exact) mass is 614 g/mol. The number of sulfonamides is 1. The topological polar surface area (TPSA) is 84.0 Å². The molecule has 220 valence electrons. The van der Waals surface area contributed by atoms with E-state index in [1.807, 2.05) is 24.3 Å². The number of rotatable bonds is 11. The van der Waals surface area contributed by atoms with Crippen molar-refractivity contribution in [2.24, 2.45) is 0 Å². The van der Waals surface area contributed by atoms with Crippen LogP contribution < -0.4 is 19.1 Å². The zero-order chi connectivity index (χ0) is 29.9. The van der Waals surface area contributed by atoms with Crippen LogP contribution in [0, 0.1) is 11.8 Å². The van der Waals surface area contributed by atoms with E-state index < -0.39 is 26.7 Å². The van der Waals surface area contributed by atoms with Crippen molar-refractivity contribution < 1.29 is 26.7 Å². The summed E-state index contributed by atoms with van der Waals surface area (Å²) in [5.41, 5.74) is 2.36. The van der Waals surface area contributed by atoms with Crippen molar-refractivity contribution in [2.45, 2.75) is 24.4 Å². The zero-order valence-electron chi connectivity index (χ0n) is 23.0. The van der Waals surface area contributed by atoms with Gasteiger partial charge in [0.2, 0.25) is 5.95 Å². The Balaban J connectivity index is 1.51. The van der Waals surface area contributed by atoms with Gasteiger partial charge in [-0.1, -0.05) is 35.9 Å². The molecule has 2 heterocycles. The first-order chi connectivity index (χ1) is 20.2. The Morgan fingerprint density at radius 1 is 0.952 bits per heavy atom. The first-order valence-corrected chi connectivity index (χ1v) is 14.9. The van der Waals surface area contributed by atoms with E-state index in [-0.39, 0.29) is 23.1 Å². The highest BCUT2D eigenvalue weighted by atomic mass is 35.5. The van der Waals surface area contributed by atoms with Crippen molar-refractivity contribution in [2.75, 3.05) is 36.9 Å². The largest absolute Gasteiger partial charge is 0.497 e. The van der Waals surface area contributed by atoms with Crippen molar-refractivity contribution in [3.63, 3.8) is 0 Å². The molecule has 0 aliphatic carbocycles. The number of para-hydroxylation sites is 1. The molecule has 1 aliphatic heterocycles. The third-order valence-electron chi connectivity index (χ3n) is 6.98. The molecule has 0 amide bonds. The van der Waals surface area contributed by atoms with E-state index in [9.17, 15) is 12.8 Å². The van der Waals surface area contributed by atoms with E-state index in [1.165, 1.54) is 26.4 Å². The Labute approximate surface area is 248 Å². The van der Waals surface area contributed by atoms with Crippen LogP contribution in [0.25, 0.3) is 0 Å². The molecular weight excluding hydrogens is 586 g/mol. The van der Waals surface area contributed by atoms with Crippen molar-refractivity contribution in [3.05, 3.63) is 101 Å². The predicted octanol–water partition coefficient (Wildman–Crippen LogP) is 6.38. The summed E-state index contributed by atoms with van der Waals surface area (Å²) in [4.78, 5) is 5.36. The van der Waals surface area contributed by atoms with Gasteiger partial charge < -0.3 is 14.8 Å². The summed E-state index contributed by atoms with van der Waals surface area (Å²) < 4.78 is 69.3. The van der Waals surface area contributed by atoms with E-state index in [1.54, 1.807) is 18.2 Å². The van der Waals surface area contributed by atoms with Gasteiger partial charge in [0, 0.05) is 29.9 Å². The lowest BCUT2D eigenvalue weighted by molar-refractivity contribution is 0.173. The molecule has 0 bridgehead atoms. The molecule has 1 N–H and O–H groups in total. The molecule has 1 saturated heterocycles. The SMILES string of the molecule is COc1ccc(CN(c2cccc(F)n2)S(=O)(=O)c2cc(Cl)c(Nc3ccccc3CN3CCC3)cc2F)c(OC)c1. The van der Waals surface area contributed by atoms with Crippen LogP contribution >= 0.6 is 11.6 Å². The molecule has 12 heteroatoms. The van der Waals surface area contributed by atoms with E-state index in [2.05, 4.69) is 15.2 Å². The number of anilines is 3. The maximum Gasteiger partial charge on any atom is 0.268 e. The standard InChI is InChI=1S/C30H29ClF2N4O4S/c1-40-22-12-11-21(27(15-22)41-2)19-37(30-10-5-9-29(33)35-30)42(38,39)28-16-23(31)26(17-24(28)32)34-25-8-4-3-7-20(25)18-36-13-6-14-36/h3-5,7-12,15-17,34H,6,13-14,18-19H2,1-2H3. The minimum atomic E-state index is -4.65. The molecule has 0 atom stereocenters. The number of nitrogens with zero attached hydrogens (tertiary/aromatic N) is 3. The van der Waals surface area contributed by atoms with Crippen molar-refractivity contribution in [3.8, 4) is 11.5 Å². The molecule has 0 radical (unpaired) electrons. The van der Waals surface area contributed by atoms with Gasteiger partial charge in [0.1, 0.15) is 28.0 Å². The molecule has 4 aromatic rings. The number of nitrogens with one attached hydrogen (secondary N) is 1. The summed E-state index contributed by atoms with van der Waals surface area (Å²) in [6.07, 6.45) is 1.15. The summed E-state index contributed by atoms with van der Waals surface area (Å²) in [7, 11) is -1.74. The van der Waals surface area contributed by atoms with Gasteiger partial charge in [0.05, 0.1) is 31.5 Å². The minimum Gasteiger partial charge on any atom is -0.497 e. The smallest absolute Gasteiger partial charge is 0.268 e. The molecule has 0 unspecified atom stereocenters. The number of hydrogen-bond acceptors (Lipinski definition) is 7. The second-order valence-electron chi connectivity index (χ2n) is 9.68. The number of methoxy groups -OCH3 is 2. The van der Waals surface area contributed by atoms with E-state index >= 15 is 4.39 Å². The lowest BCUT2D eigenvalue weighted by Gasteiger charge is -2.31. The summed E-state index contributed by atoms with van der Waals surface area (Å²) in [5.74, 6) is -1.37. The number of pyridine rings is 1. The minimum absolute atomic E-state index is 0.0112. The molecule has 3 aromatic carbocycles. The van der Waals surface area contributed by atoms with Gasteiger partial charge in [-0.2, -0.15) is 4.39 Å². The Morgan fingerprint density at radius 3 is 2.43 bits per heavy atom. The average Bonchev–Trinajstić information content (AvgIpc) is 2.95. The van der Waals surface area contributed by atoms with Crippen LogP contribution in [0.4, 0.5) is 26.0 Å². The second kappa shape index (κ2) is 12.5. The van der Waals surface area contributed by atoms with Crippen molar-refractivity contribution >= 4 is 38.8 Å². The van der Waals surface area contributed by atoms with Crippen molar-refractivity contribution in [1.82, 2.24) is 9.88 Å². The first kappa shape index (κ1) is 29.6. The zero-order valence-corrected chi connectivity index (χ0v) is 24.6. The van der Waals surface area contributed by atoms with Gasteiger partial charge in [0.25, 0.3) is 10.0 Å². The molecule has 42 heavy (non-hydrogen) atoms. The van der Waals surface area contributed by atoms with Crippen molar-refractivity contribution in [1.29, 1.82) is 0 Å². The van der Waals surface area contributed by atoms with Gasteiger partial charge in [-0.25, -0.2) is 22.1 Å². The Hall–Kier alpha value is -3.93. The number of ether oxygens (including phenoxy) is 2. The number of aromatic nitrogens is 1. The third-order valence-corrected chi connectivity index (χ3v) is 9.06. The summed E-state index contributed by atoms with van der Waals surface area (Å²) in [5, 5.41) is 3.14. The van der Waals surface area contributed by atoms with Gasteiger partial charge in [-0.3, -0.25) is 4.90 Å². The lowest BCUT2D eigenvalue weighted by atomic mass is 10.1. The maximum atomic E-state index is 15.7. The first-order valence-electron chi connectivity index (χ1n) is 13.1. The molecule has 8 nitrogen and oxygen atoms in total. The lowest BCUT2D eigenvalue weighted by Crippen LogP contribution is -2.36. The summed E-state index contributed by atoms with van der Waals surface area (Å²) in [6.45, 7) is 2.40. The summed E-state index contributed by atoms with van der Waals surface area (Å²) >= 11 is 6.54. The number of benzene rings is 3. The highest BCUT2D eigenvalue weighted by molar-refractivity contribution is 7.92. The van der Waals surface area contributed by atoms with E-state index in [4.69, 9.17) is 21.1 Å². The maximum absolute atomic E-state index is 15.7. The highest BCUT2D eigenvalue weighted by Crippen LogP contribution is 2.36. The Bertz CT molecular complexity index is 1700. The van der Waals surface area contributed by atoms with Gasteiger partial charge >= 0.3 is 0 Å². The van der Waals surface area contributed by atoms with Crippen LogP contribution in [0.5, 0.6) is 11.5 Å². The quantitative estimate of drug-likeness (QED) is 0.196. The van der Waals surface area contributed by atoms with Gasteiger partial charge in [-0.05, 0) is 61.5 Å². The molecule has 0 saturated carbocycles. The molecule has 1 fully saturated rings. The predicted molar refractivity (Wildman–Crippen MR) is 158 cm³/mol. The number of halogens is 3. The Kier molecular flexibility index (Phi) is 8.81. The third kappa shape index (κ3) is 6.28. The molecule has 1 aliphatic rings. The number of likely N-dealkylation sites (tertiary alicyclic amines) is 1. The van der Waals surface area contributed by atoms with Crippen LogP contribution in [-0.4, -0.2) is 45.6 Å². The van der Waals surface area contributed by atoms with Crippen LogP contribution in [0.3, 0.4) is 0 Å². The highest BCUT2D eigenvalue weighted by Gasteiger charge is 2.31.